The Morgan fingerprint density at radius 3 is 2.28 bits per heavy atom. The summed E-state index contributed by atoms with van der Waals surface area (Å²) in [5.74, 6) is 1.14. The fraction of sp³-hybridized carbons (Fsp3) is 0.900. The van der Waals surface area contributed by atoms with E-state index in [0.717, 1.165) is 45.2 Å². The van der Waals surface area contributed by atoms with Gasteiger partial charge in [-0.05, 0) is 44.9 Å². The molecule has 5 nitrogen and oxygen atoms in total. The highest BCUT2D eigenvalue weighted by Gasteiger charge is 2.30. The lowest BCUT2D eigenvalue weighted by molar-refractivity contribution is -0.138. The molecule has 2 fully saturated rings. The third-order valence-electron chi connectivity index (χ3n) is 5.54. The number of ether oxygens (including phenoxy) is 1. The van der Waals surface area contributed by atoms with Gasteiger partial charge in [0.25, 0.3) is 0 Å². The molecule has 0 spiro atoms. The van der Waals surface area contributed by atoms with Crippen LogP contribution in [-0.4, -0.2) is 48.6 Å². The van der Waals surface area contributed by atoms with Gasteiger partial charge in [0.1, 0.15) is 6.10 Å². The molecule has 1 saturated heterocycles. The maximum atomic E-state index is 12.6. The van der Waals surface area contributed by atoms with E-state index in [1.54, 1.807) is 0 Å². The van der Waals surface area contributed by atoms with E-state index in [2.05, 4.69) is 19.2 Å². The van der Waals surface area contributed by atoms with Crippen LogP contribution in [0.25, 0.3) is 0 Å². The third-order valence-corrected chi connectivity index (χ3v) is 5.54. The van der Waals surface area contributed by atoms with Crippen LogP contribution in [0.2, 0.25) is 0 Å². The number of nitrogens with zero attached hydrogens (tertiary/aromatic N) is 1. The van der Waals surface area contributed by atoms with Crippen LogP contribution in [0.15, 0.2) is 0 Å². The van der Waals surface area contributed by atoms with Gasteiger partial charge in [0.2, 0.25) is 11.8 Å². The third kappa shape index (κ3) is 6.61. The van der Waals surface area contributed by atoms with Crippen LogP contribution in [0.3, 0.4) is 0 Å². The molecule has 0 bridgehead atoms. The number of carbonyl (C=O) groups is 2. The molecule has 144 valence electrons. The van der Waals surface area contributed by atoms with E-state index in [9.17, 15) is 9.59 Å². The number of piperidine rings is 1. The predicted molar refractivity (Wildman–Crippen MR) is 99.2 cm³/mol. The van der Waals surface area contributed by atoms with Crippen molar-refractivity contribution in [2.24, 2.45) is 11.8 Å². The quantitative estimate of drug-likeness (QED) is 0.766. The minimum absolute atomic E-state index is 0.0270. The van der Waals surface area contributed by atoms with E-state index in [4.69, 9.17) is 4.74 Å². The van der Waals surface area contributed by atoms with Gasteiger partial charge in [0.15, 0.2) is 0 Å². The second-order valence-electron chi connectivity index (χ2n) is 8.14. The van der Waals surface area contributed by atoms with Gasteiger partial charge in [0.05, 0.1) is 0 Å². The maximum Gasteiger partial charge on any atom is 0.249 e. The second-order valence-corrected chi connectivity index (χ2v) is 8.14. The lowest BCUT2D eigenvalue weighted by Crippen LogP contribution is -2.50. The Balaban J connectivity index is 1.67. The lowest BCUT2D eigenvalue weighted by Gasteiger charge is -2.35. The largest absolute Gasteiger partial charge is 0.369 e. The predicted octanol–water partition coefficient (Wildman–Crippen LogP) is 3.13. The molecular weight excluding hydrogens is 316 g/mol. The average molecular weight is 353 g/mol. The summed E-state index contributed by atoms with van der Waals surface area (Å²) in [6.45, 7) is 8.27. The molecular formula is C20H36N2O3. The summed E-state index contributed by atoms with van der Waals surface area (Å²) in [5, 5.41) is 3.09. The molecule has 1 heterocycles. The summed E-state index contributed by atoms with van der Waals surface area (Å²) < 4.78 is 5.62. The molecule has 1 saturated carbocycles. The SMILES string of the molecule is CC(C)CCOC(C)C(=O)NC1CCN(C(=O)C2CCCCC2)CC1. The molecule has 2 aliphatic rings. The van der Waals surface area contributed by atoms with Crippen LogP contribution in [0, 0.1) is 11.8 Å². The number of hydrogen-bond donors (Lipinski definition) is 1. The molecule has 2 amide bonds. The number of nitrogens with one attached hydrogen (secondary N) is 1. The summed E-state index contributed by atoms with van der Waals surface area (Å²) in [7, 11) is 0. The molecule has 1 unspecified atom stereocenters. The normalized spacial score (nSPS) is 21.4. The first-order chi connectivity index (χ1) is 12.0. The molecule has 1 aliphatic heterocycles. The van der Waals surface area contributed by atoms with E-state index in [-0.39, 0.29) is 17.9 Å². The van der Waals surface area contributed by atoms with Gasteiger partial charge in [-0.25, -0.2) is 0 Å². The van der Waals surface area contributed by atoms with Crippen LogP contribution >= 0.6 is 0 Å². The Morgan fingerprint density at radius 1 is 1.04 bits per heavy atom. The van der Waals surface area contributed by atoms with Crippen molar-refractivity contribution in [3.63, 3.8) is 0 Å². The zero-order valence-electron chi connectivity index (χ0n) is 16.3. The molecule has 1 aliphatic carbocycles. The van der Waals surface area contributed by atoms with Crippen molar-refractivity contribution in [1.82, 2.24) is 10.2 Å². The topological polar surface area (TPSA) is 58.6 Å². The Labute approximate surface area is 152 Å². The zero-order valence-corrected chi connectivity index (χ0v) is 16.3. The van der Waals surface area contributed by atoms with Crippen LogP contribution in [0.1, 0.15) is 72.1 Å². The first-order valence-corrected chi connectivity index (χ1v) is 10.2. The van der Waals surface area contributed by atoms with Crippen molar-refractivity contribution < 1.29 is 14.3 Å². The summed E-state index contributed by atoms with van der Waals surface area (Å²) in [6, 6.07) is 0.166. The number of amides is 2. The van der Waals surface area contributed by atoms with Gasteiger partial charge >= 0.3 is 0 Å². The van der Waals surface area contributed by atoms with E-state index in [1.807, 2.05) is 11.8 Å². The molecule has 2 rings (SSSR count). The van der Waals surface area contributed by atoms with Gasteiger partial charge in [-0.2, -0.15) is 0 Å². The molecule has 0 radical (unpaired) electrons. The highest BCUT2D eigenvalue weighted by atomic mass is 16.5. The molecule has 1 atom stereocenters. The van der Waals surface area contributed by atoms with Crippen molar-refractivity contribution in [2.45, 2.75) is 84.3 Å². The zero-order chi connectivity index (χ0) is 18.2. The smallest absolute Gasteiger partial charge is 0.249 e. The summed E-state index contributed by atoms with van der Waals surface area (Å²) >= 11 is 0. The summed E-state index contributed by atoms with van der Waals surface area (Å²) in [5.41, 5.74) is 0. The van der Waals surface area contributed by atoms with Gasteiger partial charge in [-0.1, -0.05) is 33.1 Å². The number of likely N-dealkylation sites (tertiary alicyclic amines) is 1. The average Bonchev–Trinajstić information content (AvgIpc) is 2.62. The molecule has 5 heteroatoms. The Bertz CT molecular complexity index is 425. The van der Waals surface area contributed by atoms with Crippen molar-refractivity contribution in [2.75, 3.05) is 19.7 Å². The lowest BCUT2D eigenvalue weighted by atomic mass is 9.87. The molecule has 25 heavy (non-hydrogen) atoms. The van der Waals surface area contributed by atoms with Crippen molar-refractivity contribution in [3.05, 3.63) is 0 Å². The first kappa shape index (κ1) is 20.2. The van der Waals surface area contributed by atoms with E-state index in [1.165, 1.54) is 19.3 Å². The van der Waals surface area contributed by atoms with Gasteiger partial charge in [-0.15, -0.1) is 0 Å². The molecule has 0 aromatic rings. The van der Waals surface area contributed by atoms with Gasteiger partial charge in [0, 0.05) is 31.7 Å². The number of hydrogen-bond acceptors (Lipinski definition) is 3. The summed E-state index contributed by atoms with van der Waals surface area (Å²) in [6.07, 6.45) is 8.04. The Hall–Kier alpha value is -1.10. The molecule has 1 N–H and O–H groups in total. The molecule has 0 aromatic heterocycles. The second kappa shape index (κ2) is 10.1. The van der Waals surface area contributed by atoms with Crippen molar-refractivity contribution in [3.8, 4) is 0 Å². The monoisotopic (exact) mass is 352 g/mol. The minimum Gasteiger partial charge on any atom is -0.369 e. The Kier molecular flexibility index (Phi) is 8.20. The van der Waals surface area contributed by atoms with Crippen LogP contribution < -0.4 is 5.32 Å². The summed E-state index contributed by atoms with van der Waals surface area (Å²) in [4.78, 5) is 26.8. The van der Waals surface area contributed by atoms with E-state index >= 15 is 0 Å². The highest BCUT2D eigenvalue weighted by molar-refractivity contribution is 5.81. The van der Waals surface area contributed by atoms with E-state index in [0.29, 0.717) is 18.4 Å². The number of rotatable bonds is 7. The van der Waals surface area contributed by atoms with E-state index < -0.39 is 6.10 Å². The first-order valence-electron chi connectivity index (χ1n) is 10.2. The highest BCUT2D eigenvalue weighted by Crippen LogP contribution is 2.26. The maximum absolute atomic E-state index is 12.6. The van der Waals surface area contributed by atoms with Crippen LogP contribution in [-0.2, 0) is 14.3 Å². The van der Waals surface area contributed by atoms with Crippen molar-refractivity contribution in [1.29, 1.82) is 0 Å². The van der Waals surface area contributed by atoms with Crippen molar-refractivity contribution >= 4 is 11.8 Å². The standard InChI is InChI=1S/C20H36N2O3/c1-15(2)11-14-25-16(3)19(23)21-18-9-12-22(13-10-18)20(24)17-7-5-4-6-8-17/h15-18H,4-14H2,1-3H3,(H,21,23). The van der Waals surface area contributed by atoms with Crippen LogP contribution in [0.5, 0.6) is 0 Å². The minimum atomic E-state index is -0.402. The Morgan fingerprint density at radius 2 is 1.68 bits per heavy atom. The van der Waals surface area contributed by atoms with Gasteiger partial charge < -0.3 is 15.0 Å². The number of carbonyl (C=O) groups excluding carboxylic acids is 2. The van der Waals surface area contributed by atoms with Crippen LogP contribution in [0.4, 0.5) is 0 Å². The molecule has 0 aromatic carbocycles. The van der Waals surface area contributed by atoms with Gasteiger partial charge in [-0.3, -0.25) is 9.59 Å². The fourth-order valence-corrected chi connectivity index (χ4v) is 3.73. The fourth-order valence-electron chi connectivity index (χ4n) is 3.73.